The summed E-state index contributed by atoms with van der Waals surface area (Å²) in [5, 5.41) is 5.80. The molecule has 1 aromatic heterocycles. The van der Waals surface area contributed by atoms with E-state index in [4.69, 9.17) is 4.74 Å². The number of anilines is 1. The Labute approximate surface area is 163 Å². The van der Waals surface area contributed by atoms with Crippen molar-refractivity contribution in [1.29, 1.82) is 0 Å². The lowest BCUT2D eigenvalue weighted by atomic mass is 9.95. The first kappa shape index (κ1) is 17.8. The van der Waals surface area contributed by atoms with Gasteiger partial charge in [-0.2, -0.15) is 11.3 Å². The predicted molar refractivity (Wildman–Crippen MR) is 103 cm³/mol. The standard InChI is InChI=1S/C21H13NO5S/c23-18(12-9-10-28-11-12)17-19(24)14-7-4-8-15(16(14)20(17)25)22-21(26)27-13-5-2-1-3-6-13/h1-11,17H,(H,22,26). The lowest BCUT2D eigenvalue weighted by Crippen LogP contribution is -2.25. The van der Waals surface area contributed by atoms with Crippen LogP contribution in [-0.4, -0.2) is 23.4 Å². The third kappa shape index (κ3) is 3.12. The highest BCUT2D eigenvalue weighted by molar-refractivity contribution is 7.08. The van der Waals surface area contributed by atoms with Crippen molar-refractivity contribution in [2.24, 2.45) is 5.92 Å². The third-order valence-electron chi connectivity index (χ3n) is 4.36. The Kier molecular flexibility index (Phi) is 4.58. The zero-order valence-corrected chi connectivity index (χ0v) is 15.2. The van der Waals surface area contributed by atoms with Crippen LogP contribution in [0.4, 0.5) is 10.5 Å². The molecule has 0 saturated heterocycles. The summed E-state index contributed by atoms with van der Waals surface area (Å²) in [5.74, 6) is -2.80. The molecule has 1 N–H and O–H groups in total. The van der Waals surface area contributed by atoms with Crippen LogP contribution in [0.5, 0.6) is 5.75 Å². The second-order valence-corrected chi connectivity index (χ2v) is 6.87. The SMILES string of the molecule is O=C(Nc1cccc2c1C(=O)C(C(=O)c1ccsc1)C2=O)Oc1ccccc1. The minimum Gasteiger partial charge on any atom is -0.410 e. The van der Waals surface area contributed by atoms with Crippen molar-refractivity contribution in [3.63, 3.8) is 0 Å². The van der Waals surface area contributed by atoms with Crippen LogP contribution in [-0.2, 0) is 0 Å². The molecule has 1 aliphatic carbocycles. The topological polar surface area (TPSA) is 89.5 Å². The van der Waals surface area contributed by atoms with Gasteiger partial charge in [0.15, 0.2) is 17.3 Å². The van der Waals surface area contributed by atoms with Gasteiger partial charge in [0.05, 0.1) is 11.3 Å². The molecule has 4 rings (SSSR count). The van der Waals surface area contributed by atoms with Gasteiger partial charge in [-0.05, 0) is 29.6 Å². The number of hydrogen-bond acceptors (Lipinski definition) is 6. The van der Waals surface area contributed by atoms with Crippen LogP contribution in [0.15, 0.2) is 65.4 Å². The summed E-state index contributed by atoms with van der Waals surface area (Å²) in [6.07, 6.45) is -0.799. The van der Waals surface area contributed by atoms with Crippen LogP contribution in [0.3, 0.4) is 0 Å². The fourth-order valence-electron chi connectivity index (χ4n) is 3.09. The number of carbonyl (C=O) groups is 4. The van der Waals surface area contributed by atoms with E-state index in [0.29, 0.717) is 11.3 Å². The van der Waals surface area contributed by atoms with E-state index in [9.17, 15) is 19.2 Å². The number of hydrogen-bond donors (Lipinski definition) is 1. The van der Waals surface area contributed by atoms with Gasteiger partial charge in [0.25, 0.3) is 0 Å². The summed E-state index contributed by atoms with van der Waals surface area (Å²) in [4.78, 5) is 50.4. The normalized spacial score (nSPS) is 15.2. The van der Waals surface area contributed by atoms with E-state index in [2.05, 4.69) is 5.32 Å². The van der Waals surface area contributed by atoms with Crippen molar-refractivity contribution in [2.75, 3.05) is 5.32 Å². The largest absolute Gasteiger partial charge is 0.417 e. The maximum absolute atomic E-state index is 12.9. The van der Waals surface area contributed by atoms with Gasteiger partial charge in [0.1, 0.15) is 11.7 Å². The van der Waals surface area contributed by atoms with Gasteiger partial charge in [-0.1, -0.05) is 30.3 Å². The van der Waals surface area contributed by atoms with E-state index in [1.807, 2.05) is 0 Å². The average Bonchev–Trinajstić information content (AvgIpc) is 3.30. The van der Waals surface area contributed by atoms with Gasteiger partial charge in [-0.25, -0.2) is 4.79 Å². The molecular formula is C21H13NO5S. The van der Waals surface area contributed by atoms with Crippen LogP contribution in [0.25, 0.3) is 0 Å². The third-order valence-corrected chi connectivity index (χ3v) is 5.04. The number of ketones is 3. The van der Waals surface area contributed by atoms with Crippen molar-refractivity contribution in [3.05, 3.63) is 82.0 Å². The molecular weight excluding hydrogens is 378 g/mol. The second-order valence-electron chi connectivity index (χ2n) is 6.09. The molecule has 0 aliphatic heterocycles. The molecule has 1 atom stereocenters. The van der Waals surface area contributed by atoms with Crippen LogP contribution < -0.4 is 10.1 Å². The molecule has 1 unspecified atom stereocenters. The summed E-state index contributed by atoms with van der Waals surface area (Å²) in [6, 6.07) is 14.5. The lowest BCUT2D eigenvalue weighted by molar-refractivity contribution is 0.0757. The molecule has 1 amide bonds. The molecule has 1 heterocycles. The summed E-state index contributed by atoms with van der Waals surface area (Å²) in [6.45, 7) is 0. The van der Waals surface area contributed by atoms with Gasteiger partial charge >= 0.3 is 6.09 Å². The highest BCUT2D eigenvalue weighted by Gasteiger charge is 2.45. The Bertz CT molecular complexity index is 1090. The van der Waals surface area contributed by atoms with Gasteiger partial charge in [-0.15, -0.1) is 0 Å². The molecule has 0 fully saturated rings. The van der Waals surface area contributed by atoms with Crippen molar-refractivity contribution < 1.29 is 23.9 Å². The maximum atomic E-state index is 12.9. The van der Waals surface area contributed by atoms with E-state index in [1.165, 1.54) is 23.5 Å². The molecule has 2 aromatic carbocycles. The van der Waals surface area contributed by atoms with Crippen LogP contribution in [0, 0.1) is 5.92 Å². The number of amides is 1. The number of carbonyl (C=O) groups excluding carboxylic acids is 4. The van der Waals surface area contributed by atoms with Crippen molar-refractivity contribution >= 4 is 40.5 Å². The molecule has 6 nitrogen and oxygen atoms in total. The summed E-state index contributed by atoms with van der Waals surface area (Å²) in [7, 11) is 0. The molecule has 0 spiro atoms. The Hall–Kier alpha value is -3.58. The fourth-order valence-corrected chi connectivity index (χ4v) is 3.73. The molecule has 138 valence electrons. The zero-order chi connectivity index (χ0) is 19.7. The molecule has 0 radical (unpaired) electrons. The maximum Gasteiger partial charge on any atom is 0.417 e. The van der Waals surface area contributed by atoms with Gasteiger partial charge in [-0.3, -0.25) is 19.7 Å². The van der Waals surface area contributed by atoms with Gasteiger partial charge in [0, 0.05) is 16.5 Å². The number of thiophene rings is 1. The number of Topliss-reactive ketones (excluding diaryl/α,β-unsaturated/α-hetero) is 3. The van der Waals surface area contributed by atoms with Gasteiger partial charge < -0.3 is 4.74 Å². The smallest absolute Gasteiger partial charge is 0.410 e. The van der Waals surface area contributed by atoms with Crippen molar-refractivity contribution in [2.45, 2.75) is 0 Å². The minimum atomic E-state index is -1.42. The molecule has 3 aromatic rings. The Balaban J connectivity index is 1.61. The van der Waals surface area contributed by atoms with E-state index >= 15 is 0 Å². The molecule has 0 saturated carbocycles. The Morgan fingerprint density at radius 2 is 1.71 bits per heavy atom. The lowest BCUT2D eigenvalue weighted by Gasteiger charge is -2.09. The molecule has 28 heavy (non-hydrogen) atoms. The Morgan fingerprint density at radius 3 is 2.43 bits per heavy atom. The number of benzene rings is 2. The minimum absolute atomic E-state index is 0.0334. The number of para-hydroxylation sites is 1. The Morgan fingerprint density at radius 1 is 0.929 bits per heavy atom. The van der Waals surface area contributed by atoms with Gasteiger partial charge in [0.2, 0.25) is 0 Å². The number of rotatable bonds is 4. The summed E-state index contributed by atoms with van der Waals surface area (Å²) >= 11 is 1.31. The van der Waals surface area contributed by atoms with Crippen LogP contribution in [0.2, 0.25) is 0 Å². The van der Waals surface area contributed by atoms with E-state index < -0.39 is 29.4 Å². The summed E-state index contributed by atoms with van der Waals surface area (Å²) in [5.41, 5.74) is 0.613. The highest BCUT2D eigenvalue weighted by Crippen LogP contribution is 2.34. The predicted octanol–water partition coefficient (Wildman–Crippen LogP) is 4.24. The number of ether oxygens (including phenoxy) is 1. The highest BCUT2D eigenvalue weighted by atomic mass is 32.1. The van der Waals surface area contributed by atoms with Crippen molar-refractivity contribution in [1.82, 2.24) is 0 Å². The van der Waals surface area contributed by atoms with E-state index in [-0.39, 0.29) is 16.8 Å². The van der Waals surface area contributed by atoms with Crippen molar-refractivity contribution in [3.8, 4) is 5.75 Å². The molecule has 0 bridgehead atoms. The average molecular weight is 391 g/mol. The second kappa shape index (κ2) is 7.21. The molecule has 7 heteroatoms. The monoisotopic (exact) mass is 391 g/mol. The van der Waals surface area contributed by atoms with E-state index in [1.54, 1.807) is 53.2 Å². The first-order valence-electron chi connectivity index (χ1n) is 8.38. The number of nitrogens with one attached hydrogen (secondary N) is 1. The zero-order valence-electron chi connectivity index (χ0n) is 14.4. The summed E-state index contributed by atoms with van der Waals surface area (Å²) < 4.78 is 5.16. The fraction of sp³-hybridized carbons (Fsp3) is 0.0476. The molecule has 1 aliphatic rings. The van der Waals surface area contributed by atoms with E-state index in [0.717, 1.165) is 0 Å². The number of fused-ring (bicyclic) bond motifs is 1. The first-order valence-corrected chi connectivity index (χ1v) is 9.32. The van der Waals surface area contributed by atoms with Crippen LogP contribution >= 0.6 is 11.3 Å². The van der Waals surface area contributed by atoms with Crippen LogP contribution in [0.1, 0.15) is 31.1 Å². The first-order chi connectivity index (χ1) is 13.6. The quantitative estimate of drug-likeness (QED) is 0.531.